The van der Waals surface area contributed by atoms with Crippen molar-refractivity contribution in [1.82, 2.24) is 19.9 Å². The lowest BCUT2D eigenvalue weighted by molar-refractivity contribution is -0.0767. The minimum Gasteiger partial charge on any atom is -0.323 e. The molecule has 0 saturated heterocycles. The van der Waals surface area contributed by atoms with Crippen LogP contribution < -0.4 is 5.32 Å². The summed E-state index contributed by atoms with van der Waals surface area (Å²) in [5.74, 6) is 0.247. The number of fused-ring (bicyclic) bond motifs is 1. The van der Waals surface area contributed by atoms with Gasteiger partial charge in [-0.05, 0) is 6.92 Å². The van der Waals surface area contributed by atoms with Crippen molar-refractivity contribution in [3.63, 3.8) is 0 Å². The van der Waals surface area contributed by atoms with Crippen molar-refractivity contribution in [2.75, 3.05) is 14.2 Å². The van der Waals surface area contributed by atoms with Gasteiger partial charge in [-0.3, -0.25) is 9.63 Å². The maximum Gasteiger partial charge on any atom is 0.313 e. The molecule has 0 fully saturated rings. The molecule has 2 heterocycles. The molecule has 0 atom stereocenters. The number of hydrogen-bond donors (Lipinski definition) is 1. The van der Waals surface area contributed by atoms with Gasteiger partial charge in [0.15, 0.2) is 0 Å². The summed E-state index contributed by atoms with van der Waals surface area (Å²) in [6.07, 6.45) is 0. The normalized spacial score (nSPS) is 13.9. The van der Waals surface area contributed by atoms with Crippen LogP contribution in [-0.4, -0.2) is 34.7 Å². The third-order valence-corrected chi connectivity index (χ3v) is 2.81. The largest absolute Gasteiger partial charge is 0.323 e. The minimum absolute atomic E-state index is 0.209. The highest BCUT2D eigenvalue weighted by molar-refractivity contribution is 5.90. The molecular weight excluding hydrogens is 208 g/mol. The SMILES string of the molecule is CCn1c(C(=O)N(C)OC)nc2c1CNC2. The lowest BCUT2D eigenvalue weighted by atomic mass is 10.4. The van der Waals surface area contributed by atoms with Gasteiger partial charge >= 0.3 is 5.91 Å². The molecule has 0 aliphatic carbocycles. The van der Waals surface area contributed by atoms with Crippen LogP contribution in [0.3, 0.4) is 0 Å². The average Bonchev–Trinajstić information content (AvgIpc) is 2.86. The smallest absolute Gasteiger partial charge is 0.313 e. The number of carbonyl (C=O) groups is 1. The molecule has 0 spiro atoms. The lowest BCUT2D eigenvalue weighted by Gasteiger charge is -2.14. The quantitative estimate of drug-likeness (QED) is 0.742. The maximum absolute atomic E-state index is 12.0. The Kier molecular flexibility index (Phi) is 2.93. The maximum atomic E-state index is 12.0. The molecule has 6 nitrogen and oxygen atoms in total. The summed E-state index contributed by atoms with van der Waals surface area (Å²) >= 11 is 0. The fraction of sp³-hybridized carbons (Fsp3) is 0.600. The van der Waals surface area contributed by atoms with Gasteiger partial charge in [0, 0.05) is 26.7 Å². The van der Waals surface area contributed by atoms with Crippen molar-refractivity contribution in [2.24, 2.45) is 0 Å². The topological polar surface area (TPSA) is 59.4 Å². The van der Waals surface area contributed by atoms with E-state index in [1.807, 2.05) is 11.5 Å². The first kappa shape index (κ1) is 11.1. The molecule has 1 aliphatic heterocycles. The highest BCUT2D eigenvalue weighted by atomic mass is 16.7. The molecule has 16 heavy (non-hydrogen) atoms. The van der Waals surface area contributed by atoms with Crippen molar-refractivity contribution in [2.45, 2.75) is 26.6 Å². The van der Waals surface area contributed by atoms with E-state index in [1.165, 1.54) is 12.2 Å². The van der Waals surface area contributed by atoms with Crippen LogP contribution in [0.5, 0.6) is 0 Å². The van der Waals surface area contributed by atoms with Crippen molar-refractivity contribution in [3.8, 4) is 0 Å². The zero-order valence-electron chi connectivity index (χ0n) is 9.78. The van der Waals surface area contributed by atoms with Crippen LogP contribution in [0.1, 0.15) is 28.9 Å². The Balaban J connectivity index is 2.38. The van der Waals surface area contributed by atoms with Crippen molar-refractivity contribution >= 4 is 5.91 Å². The van der Waals surface area contributed by atoms with Gasteiger partial charge in [0.1, 0.15) is 0 Å². The van der Waals surface area contributed by atoms with Gasteiger partial charge < -0.3 is 9.88 Å². The molecule has 0 radical (unpaired) electrons. The van der Waals surface area contributed by atoms with Gasteiger partial charge in [0.2, 0.25) is 5.82 Å². The van der Waals surface area contributed by atoms with E-state index in [-0.39, 0.29) is 5.91 Å². The number of rotatable bonds is 3. The van der Waals surface area contributed by atoms with Crippen molar-refractivity contribution in [1.29, 1.82) is 0 Å². The summed E-state index contributed by atoms with van der Waals surface area (Å²) in [6.45, 7) is 4.26. The summed E-state index contributed by atoms with van der Waals surface area (Å²) in [6, 6.07) is 0. The molecular formula is C10H16N4O2. The third kappa shape index (κ3) is 1.60. The van der Waals surface area contributed by atoms with Gasteiger partial charge in [0.25, 0.3) is 0 Å². The third-order valence-electron chi connectivity index (χ3n) is 2.81. The zero-order chi connectivity index (χ0) is 11.7. The first-order chi connectivity index (χ1) is 7.69. The van der Waals surface area contributed by atoms with E-state index in [0.717, 1.165) is 31.0 Å². The lowest BCUT2D eigenvalue weighted by Crippen LogP contribution is -2.29. The molecule has 0 saturated carbocycles. The number of amides is 1. The number of hydrogen-bond acceptors (Lipinski definition) is 4. The van der Waals surface area contributed by atoms with E-state index in [0.29, 0.717) is 5.82 Å². The molecule has 1 aliphatic rings. The van der Waals surface area contributed by atoms with Crippen molar-refractivity contribution in [3.05, 3.63) is 17.2 Å². The highest BCUT2D eigenvalue weighted by Gasteiger charge is 2.25. The number of imidazole rings is 1. The van der Waals surface area contributed by atoms with E-state index in [4.69, 9.17) is 4.84 Å². The Morgan fingerprint density at radius 2 is 2.38 bits per heavy atom. The standard InChI is InChI=1S/C10H16N4O2/c1-4-14-8-6-11-5-7(8)12-9(14)10(15)13(2)16-3/h11H,4-6H2,1-3H3. The second-order valence-electron chi connectivity index (χ2n) is 3.66. The molecule has 0 unspecified atom stereocenters. The molecule has 2 rings (SSSR count). The predicted octanol–water partition coefficient (Wildman–Crippen LogP) is 0.140. The second kappa shape index (κ2) is 4.23. The van der Waals surface area contributed by atoms with Gasteiger partial charge in [-0.15, -0.1) is 0 Å². The monoisotopic (exact) mass is 224 g/mol. The first-order valence-corrected chi connectivity index (χ1v) is 5.30. The number of nitrogens with one attached hydrogen (secondary N) is 1. The molecule has 6 heteroatoms. The zero-order valence-corrected chi connectivity index (χ0v) is 9.78. The van der Waals surface area contributed by atoms with Gasteiger partial charge in [0.05, 0.1) is 18.5 Å². The Hall–Kier alpha value is -1.40. The van der Waals surface area contributed by atoms with Crippen LogP contribution >= 0.6 is 0 Å². The molecule has 1 aromatic rings. The summed E-state index contributed by atoms with van der Waals surface area (Å²) in [5.41, 5.74) is 2.07. The Bertz CT molecular complexity index is 413. The molecule has 1 aromatic heterocycles. The van der Waals surface area contributed by atoms with Crippen LogP contribution in [0.15, 0.2) is 0 Å². The van der Waals surface area contributed by atoms with Crippen molar-refractivity contribution < 1.29 is 9.63 Å². The fourth-order valence-electron chi connectivity index (χ4n) is 1.90. The average molecular weight is 224 g/mol. The molecule has 1 amide bonds. The molecule has 1 N–H and O–H groups in total. The molecule has 0 aromatic carbocycles. The Labute approximate surface area is 94.2 Å². The van der Waals surface area contributed by atoms with E-state index in [1.54, 1.807) is 7.05 Å². The van der Waals surface area contributed by atoms with E-state index in [9.17, 15) is 4.79 Å². The van der Waals surface area contributed by atoms with Crippen LogP contribution in [0.4, 0.5) is 0 Å². The highest BCUT2D eigenvalue weighted by Crippen LogP contribution is 2.18. The summed E-state index contributed by atoms with van der Waals surface area (Å²) in [4.78, 5) is 21.2. The summed E-state index contributed by atoms with van der Waals surface area (Å²) < 4.78 is 1.94. The predicted molar refractivity (Wildman–Crippen MR) is 57.5 cm³/mol. The van der Waals surface area contributed by atoms with Crippen LogP contribution in [-0.2, 0) is 24.5 Å². The van der Waals surface area contributed by atoms with Gasteiger partial charge in [-0.1, -0.05) is 0 Å². The summed E-state index contributed by atoms with van der Waals surface area (Å²) in [5, 5.41) is 4.40. The van der Waals surface area contributed by atoms with E-state index < -0.39 is 0 Å². The Morgan fingerprint density at radius 1 is 1.62 bits per heavy atom. The van der Waals surface area contributed by atoms with Gasteiger partial charge in [-0.25, -0.2) is 10.0 Å². The minimum atomic E-state index is -0.209. The number of aromatic nitrogens is 2. The summed E-state index contributed by atoms with van der Waals surface area (Å²) in [7, 11) is 3.05. The number of hydroxylamine groups is 2. The Morgan fingerprint density at radius 3 is 3.00 bits per heavy atom. The molecule has 88 valence electrons. The van der Waals surface area contributed by atoms with Crippen LogP contribution in [0, 0.1) is 0 Å². The first-order valence-electron chi connectivity index (χ1n) is 5.30. The van der Waals surface area contributed by atoms with Crippen LogP contribution in [0.25, 0.3) is 0 Å². The second-order valence-corrected chi connectivity index (χ2v) is 3.66. The van der Waals surface area contributed by atoms with E-state index >= 15 is 0 Å². The number of carbonyl (C=O) groups excluding carboxylic acids is 1. The van der Waals surface area contributed by atoms with E-state index in [2.05, 4.69) is 10.3 Å². The molecule has 0 bridgehead atoms. The number of nitrogens with zero attached hydrogens (tertiary/aromatic N) is 3. The van der Waals surface area contributed by atoms with Gasteiger partial charge in [-0.2, -0.15) is 0 Å². The fourth-order valence-corrected chi connectivity index (χ4v) is 1.90. The van der Waals surface area contributed by atoms with Crippen LogP contribution in [0.2, 0.25) is 0 Å².